The third-order valence-electron chi connectivity index (χ3n) is 2.54. The first-order chi connectivity index (χ1) is 7.77. The van der Waals surface area contributed by atoms with Crippen molar-refractivity contribution in [3.8, 4) is 0 Å². The molecule has 1 unspecified atom stereocenters. The smallest absolute Gasteiger partial charge is 0.239 e. The predicted octanol–water partition coefficient (Wildman–Crippen LogP) is 0.392. The van der Waals surface area contributed by atoms with E-state index in [1.165, 1.54) is 0 Å². The van der Waals surface area contributed by atoms with Crippen LogP contribution in [0.1, 0.15) is 40.5 Å². The van der Waals surface area contributed by atoms with Crippen LogP contribution >= 0.6 is 0 Å². The maximum Gasteiger partial charge on any atom is 0.239 e. The van der Waals surface area contributed by atoms with E-state index < -0.39 is 0 Å². The molecule has 0 aliphatic rings. The molecule has 0 radical (unpaired) electrons. The van der Waals surface area contributed by atoms with Crippen LogP contribution in [0.3, 0.4) is 0 Å². The van der Waals surface area contributed by atoms with Gasteiger partial charge in [-0.3, -0.25) is 9.59 Å². The molecule has 1 atom stereocenters. The highest BCUT2D eigenvalue weighted by Crippen LogP contribution is 2.19. The van der Waals surface area contributed by atoms with E-state index >= 15 is 0 Å². The maximum atomic E-state index is 11.5. The Labute approximate surface area is 104 Å². The van der Waals surface area contributed by atoms with Gasteiger partial charge in [-0.25, -0.2) is 0 Å². The summed E-state index contributed by atoms with van der Waals surface area (Å²) < 4.78 is 0. The Morgan fingerprint density at radius 3 is 2.24 bits per heavy atom. The van der Waals surface area contributed by atoms with Crippen molar-refractivity contribution in [2.24, 2.45) is 11.1 Å². The van der Waals surface area contributed by atoms with Gasteiger partial charge < -0.3 is 16.4 Å². The van der Waals surface area contributed by atoms with Crippen molar-refractivity contribution >= 4 is 11.8 Å². The van der Waals surface area contributed by atoms with Crippen molar-refractivity contribution in [1.29, 1.82) is 0 Å². The lowest BCUT2D eigenvalue weighted by atomic mass is 9.85. The van der Waals surface area contributed by atoms with Crippen molar-refractivity contribution in [1.82, 2.24) is 10.6 Å². The van der Waals surface area contributed by atoms with Crippen LogP contribution in [-0.4, -0.2) is 30.9 Å². The highest BCUT2D eigenvalue weighted by atomic mass is 16.2. The van der Waals surface area contributed by atoms with E-state index in [1.807, 2.05) is 27.7 Å². The summed E-state index contributed by atoms with van der Waals surface area (Å²) >= 11 is 0. The van der Waals surface area contributed by atoms with Crippen LogP contribution in [0, 0.1) is 5.41 Å². The Hall–Kier alpha value is -1.10. The van der Waals surface area contributed by atoms with E-state index in [2.05, 4.69) is 10.6 Å². The molecule has 0 saturated heterocycles. The van der Waals surface area contributed by atoms with Gasteiger partial charge in [0.25, 0.3) is 0 Å². The van der Waals surface area contributed by atoms with Gasteiger partial charge in [-0.05, 0) is 11.8 Å². The molecule has 0 fully saturated rings. The molecule has 0 spiro atoms. The van der Waals surface area contributed by atoms with E-state index in [9.17, 15) is 9.59 Å². The molecule has 0 aliphatic heterocycles. The van der Waals surface area contributed by atoms with E-state index in [1.54, 1.807) is 0 Å². The summed E-state index contributed by atoms with van der Waals surface area (Å²) in [5, 5.41) is 5.25. The second-order valence-electron chi connectivity index (χ2n) is 5.30. The van der Waals surface area contributed by atoms with E-state index in [0.717, 1.165) is 6.42 Å². The summed E-state index contributed by atoms with van der Waals surface area (Å²) in [7, 11) is 0. The monoisotopic (exact) mass is 243 g/mol. The van der Waals surface area contributed by atoms with Gasteiger partial charge in [-0.15, -0.1) is 0 Å². The van der Waals surface area contributed by atoms with E-state index in [4.69, 9.17) is 5.73 Å². The lowest BCUT2D eigenvalue weighted by Gasteiger charge is -2.26. The Morgan fingerprint density at radius 2 is 1.76 bits per heavy atom. The van der Waals surface area contributed by atoms with Gasteiger partial charge in [0.2, 0.25) is 11.8 Å². The molecule has 0 bridgehead atoms. The topological polar surface area (TPSA) is 84.2 Å². The molecule has 0 rings (SSSR count). The number of amides is 2. The number of nitrogens with two attached hydrogens (primary N) is 1. The largest absolute Gasteiger partial charge is 0.355 e. The number of nitrogens with one attached hydrogen (secondary N) is 2. The molecule has 5 heteroatoms. The fourth-order valence-electron chi connectivity index (χ4n) is 1.08. The van der Waals surface area contributed by atoms with Gasteiger partial charge >= 0.3 is 0 Å². The summed E-state index contributed by atoms with van der Waals surface area (Å²) in [6, 6.07) is -0.207. The molecule has 100 valence electrons. The number of carbonyl (C=O) groups excluding carboxylic acids is 2. The van der Waals surface area contributed by atoms with E-state index in [-0.39, 0.29) is 36.2 Å². The van der Waals surface area contributed by atoms with E-state index in [0.29, 0.717) is 6.54 Å². The van der Waals surface area contributed by atoms with Gasteiger partial charge in [-0.1, -0.05) is 27.7 Å². The summed E-state index contributed by atoms with van der Waals surface area (Å²) in [4.78, 5) is 22.7. The second-order valence-corrected chi connectivity index (χ2v) is 5.30. The molecule has 17 heavy (non-hydrogen) atoms. The average molecular weight is 243 g/mol. The van der Waals surface area contributed by atoms with Crippen LogP contribution in [0.4, 0.5) is 0 Å². The standard InChI is InChI=1S/C12H25N3O2/c1-5-6-14-11(17)8-15-10(16)7-9(13)12(2,3)4/h9H,5-8,13H2,1-4H3,(H,14,17)(H,15,16). The second kappa shape index (κ2) is 7.27. The summed E-state index contributed by atoms with van der Waals surface area (Å²) in [6.07, 6.45) is 1.12. The highest BCUT2D eigenvalue weighted by Gasteiger charge is 2.23. The van der Waals surface area contributed by atoms with Crippen molar-refractivity contribution < 1.29 is 9.59 Å². The first-order valence-corrected chi connectivity index (χ1v) is 6.06. The minimum atomic E-state index is -0.207. The zero-order valence-corrected chi connectivity index (χ0v) is 11.3. The quantitative estimate of drug-likeness (QED) is 0.631. The van der Waals surface area contributed by atoms with Crippen LogP contribution in [0.2, 0.25) is 0 Å². The molecule has 5 nitrogen and oxygen atoms in total. The van der Waals surface area contributed by atoms with Crippen molar-refractivity contribution in [3.05, 3.63) is 0 Å². The first-order valence-electron chi connectivity index (χ1n) is 6.06. The Morgan fingerprint density at radius 1 is 1.18 bits per heavy atom. The summed E-state index contributed by atoms with van der Waals surface area (Å²) in [6.45, 7) is 8.59. The minimum absolute atomic E-state index is 0.0235. The molecule has 0 aromatic rings. The van der Waals surface area contributed by atoms with Crippen molar-refractivity contribution in [3.63, 3.8) is 0 Å². The SMILES string of the molecule is CCCNC(=O)CNC(=O)CC(N)C(C)(C)C. The Bertz CT molecular complexity index is 259. The van der Waals surface area contributed by atoms with Gasteiger partial charge in [0.15, 0.2) is 0 Å². The van der Waals surface area contributed by atoms with Crippen LogP contribution < -0.4 is 16.4 Å². The average Bonchev–Trinajstić information content (AvgIpc) is 2.22. The molecule has 0 aliphatic carbocycles. The number of carbonyl (C=O) groups is 2. The number of rotatable bonds is 6. The van der Waals surface area contributed by atoms with Gasteiger partial charge in [-0.2, -0.15) is 0 Å². The molecule has 0 aromatic heterocycles. The molecule has 0 aromatic carbocycles. The van der Waals surface area contributed by atoms with Crippen molar-refractivity contribution in [2.45, 2.75) is 46.6 Å². The van der Waals surface area contributed by atoms with Crippen LogP contribution in [0.25, 0.3) is 0 Å². The molecular formula is C12H25N3O2. The Kier molecular flexibility index (Phi) is 6.80. The first kappa shape index (κ1) is 15.9. The molecular weight excluding hydrogens is 218 g/mol. The highest BCUT2D eigenvalue weighted by molar-refractivity contribution is 5.84. The van der Waals surface area contributed by atoms with Crippen molar-refractivity contribution in [2.75, 3.05) is 13.1 Å². The minimum Gasteiger partial charge on any atom is -0.355 e. The van der Waals surface area contributed by atoms with Crippen LogP contribution in [-0.2, 0) is 9.59 Å². The third-order valence-corrected chi connectivity index (χ3v) is 2.54. The zero-order valence-electron chi connectivity index (χ0n) is 11.3. The molecule has 0 saturated carbocycles. The number of hydrogen-bond acceptors (Lipinski definition) is 3. The number of hydrogen-bond donors (Lipinski definition) is 3. The maximum absolute atomic E-state index is 11.5. The lowest BCUT2D eigenvalue weighted by molar-refractivity contribution is -0.126. The Balaban J connectivity index is 3.84. The summed E-state index contributed by atoms with van der Waals surface area (Å²) in [5.41, 5.74) is 5.77. The summed E-state index contributed by atoms with van der Waals surface area (Å²) in [5.74, 6) is -0.344. The zero-order chi connectivity index (χ0) is 13.5. The third kappa shape index (κ3) is 7.74. The van der Waals surface area contributed by atoms with Crippen LogP contribution in [0.5, 0.6) is 0 Å². The molecule has 4 N–H and O–H groups in total. The van der Waals surface area contributed by atoms with Gasteiger partial charge in [0, 0.05) is 19.0 Å². The predicted molar refractivity (Wildman–Crippen MR) is 68.4 cm³/mol. The lowest BCUT2D eigenvalue weighted by Crippen LogP contribution is -2.42. The van der Waals surface area contributed by atoms with Gasteiger partial charge in [0.05, 0.1) is 6.54 Å². The fraction of sp³-hybridized carbons (Fsp3) is 0.833. The van der Waals surface area contributed by atoms with Gasteiger partial charge in [0.1, 0.15) is 0 Å². The molecule has 0 heterocycles. The normalized spacial score (nSPS) is 13.0. The molecule has 2 amide bonds. The van der Waals surface area contributed by atoms with Crippen LogP contribution in [0.15, 0.2) is 0 Å². The fourth-order valence-corrected chi connectivity index (χ4v) is 1.08.